The van der Waals surface area contributed by atoms with Crippen LogP contribution in [0.15, 0.2) is 78.9 Å². The van der Waals surface area contributed by atoms with Crippen molar-refractivity contribution in [2.24, 2.45) is 0 Å². The Hall–Kier alpha value is -3.86. The molecular formula is C27H23NO4. The van der Waals surface area contributed by atoms with E-state index in [0.717, 1.165) is 34.1 Å². The van der Waals surface area contributed by atoms with Gasteiger partial charge in [0, 0.05) is 16.6 Å². The Kier molecular flexibility index (Phi) is 5.23. The fourth-order valence-corrected chi connectivity index (χ4v) is 4.61. The summed E-state index contributed by atoms with van der Waals surface area (Å²) in [5, 5.41) is 10.6. The number of rotatable bonds is 5. The molecule has 4 aromatic rings. The second-order valence-corrected chi connectivity index (χ2v) is 8.10. The van der Waals surface area contributed by atoms with Gasteiger partial charge in [-0.3, -0.25) is 14.2 Å². The Labute approximate surface area is 185 Å². The van der Waals surface area contributed by atoms with Crippen LogP contribution in [0.3, 0.4) is 0 Å². The number of aliphatic carboxylic acids is 1. The number of aromatic nitrogens is 1. The largest absolute Gasteiger partial charge is 0.489 e. The SMILES string of the molecule is O=C(O)C1CCCc2c1c1ccccc1n2C(=O)c1ccc(OCc2ccccc2)cc1. The predicted molar refractivity (Wildman–Crippen MR) is 122 cm³/mol. The smallest absolute Gasteiger partial charge is 0.311 e. The van der Waals surface area contributed by atoms with Crippen molar-refractivity contribution in [1.29, 1.82) is 0 Å². The van der Waals surface area contributed by atoms with E-state index in [-0.39, 0.29) is 5.91 Å². The molecule has 0 fully saturated rings. The van der Waals surface area contributed by atoms with Crippen molar-refractivity contribution in [3.05, 3.63) is 101 Å². The zero-order chi connectivity index (χ0) is 22.1. The van der Waals surface area contributed by atoms with E-state index in [1.165, 1.54) is 0 Å². The van der Waals surface area contributed by atoms with Crippen LogP contribution in [-0.4, -0.2) is 21.6 Å². The molecule has 1 unspecified atom stereocenters. The molecule has 1 aliphatic carbocycles. The number of para-hydroxylation sites is 1. The van der Waals surface area contributed by atoms with Crippen molar-refractivity contribution in [1.82, 2.24) is 4.57 Å². The molecule has 3 aromatic carbocycles. The normalized spacial score (nSPS) is 15.3. The van der Waals surface area contributed by atoms with Crippen LogP contribution in [0.5, 0.6) is 5.75 Å². The van der Waals surface area contributed by atoms with Crippen molar-refractivity contribution in [2.75, 3.05) is 0 Å². The van der Waals surface area contributed by atoms with E-state index >= 15 is 0 Å². The highest BCUT2D eigenvalue weighted by molar-refractivity contribution is 6.05. The van der Waals surface area contributed by atoms with Crippen LogP contribution >= 0.6 is 0 Å². The fourth-order valence-electron chi connectivity index (χ4n) is 4.61. The number of hydrogen-bond donors (Lipinski definition) is 1. The molecule has 160 valence electrons. The van der Waals surface area contributed by atoms with Gasteiger partial charge in [0.05, 0.1) is 11.4 Å². The van der Waals surface area contributed by atoms with Gasteiger partial charge in [-0.25, -0.2) is 0 Å². The second kappa shape index (κ2) is 8.35. The maximum absolute atomic E-state index is 13.5. The number of carboxylic acid groups (broad SMARTS) is 1. The number of carboxylic acids is 1. The van der Waals surface area contributed by atoms with Crippen LogP contribution in [0.4, 0.5) is 0 Å². The topological polar surface area (TPSA) is 68.5 Å². The number of nitrogens with zero attached hydrogens (tertiary/aromatic N) is 1. The number of hydrogen-bond acceptors (Lipinski definition) is 3. The Morgan fingerprint density at radius 3 is 2.41 bits per heavy atom. The Bertz CT molecular complexity index is 1290. The standard InChI is InChI=1S/C27H23NO4/c29-26(19-13-15-20(16-14-19)32-17-18-7-2-1-3-8-18)28-23-11-5-4-9-21(23)25-22(27(30)31)10-6-12-24(25)28/h1-5,7-9,11,13-16,22H,6,10,12,17H2,(H,30,31). The monoisotopic (exact) mass is 425 g/mol. The van der Waals surface area contributed by atoms with E-state index in [4.69, 9.17) is 4.74 Å². The summed E-state index contributed by atoms with van der Waals surface area (Å²) in [5.74, 6) is -0.869. The Morgan fingerprint density at radius 1 is 0.938 bits per heavy atom. The minimum absolute atomic E-state index is 0.150. The molecule has 5 heteroatoms. The molecule has 5 nitrogen and oxygen atoms in total. The first-order valence-corrected chi connectivity index (χ1v) is 10.8. The Balaban J connectivity index is 1.47. The molecule has 0 aliphatic heterocycles. The van der Waals surface area contributed by atoms with E-state index < -0.39 is 11.9 Å². The molecule has 5 rings (SSSR count). The third-order valence-electron chi connectivity index (χ3n) is 6.12. The third-order valence-corrected chi connectivity index (χ3v) is 6.12. The molecule has 1 heterocycles. The predicted octanol–water partition coefficient (Wildman–Crippen LogP) is 5.41. The number of carbonyl (C=O) groups is 2. The molecule has 0 amide bonds. The van der Waals surface area contributed by atoms with Gasteiger partial charge < -0.3 is 9.84 Å². The van der Waals surface area contributed by atoms with Crippen LogP contribution in [-0.2, 0) is 17.8 Å². The van der Waals surface area contributed by atoms with Crippen LogP contribution in [0, 0.1) is 0 Å². The molecule has 0 saturated heterocycles. The summed E-state index contributed by atoms with van der Waals surface area (Å²) in [6.07, 6.45) is 2.04. The second-order valence-electron chi connectivity index (χ2n) is 8.10. The number of carbonyl (C=O) groups excluding carboxylic acids is 1. The van der Waals surface area contributed by atoms with Gasteiger partial charge in [-0.1, -0.05) is 48.5 Å². The number of ether oxygens (including phenoxy) is 1. The molecule has 0 spiro atoms. The zero-order valence-corrected chi connectivity index (χ0v) is 17.5. The average molecular weight is 425 g/mol. The lowest BCUT2D eigenvalue weighted by atomic mass is 9.85. The zero-order valence-electron chi connectivity index (χ0n) is 17.5. The molecule has 0 bridgehead atoms. The van der Waals surface area contributed by atoms with Crippen LogP contribution in [0.2, 0.25) is 0 Å². The lowest BCUT2D eigenvalue weighted by molar-refractivity contribution is -0.139. The third kappa shape index (κ3) is 3.56. The highest BCUT2D eigenvalue weighted by atomic mass is 16.5. The lowest BCUT2D eigenvalue weighted by Crippen LogP contribution is -2.21. The van der Waals surface area contributed by atoms with Crippen molar-refractivity contribution in [3.63, 3.8) is 0 Å². The molecule has 1 atom stereocenters. The van der Waals surface area contributed by atoms with Crippen LogP contribution in [0.1, 0.15) is 45.9 Å². The quantitative estimate of drug-likeness (QED) is 0.464. The van der Waals surface area contributed by atoms with Crippen molar-refractivity contribution in [2.45, 2.75) is 31.8 Å². The van der Waals surface area contributed by atoms with Crippen molar-refractivity contribution >= 4 is 22.8 Å². The molecule has 0 saturated carbocycles. The summed E-state index contributed by atoms with van der Waals surface area (Å²) in [6.45, 7) is 0.459. The molecule has 1 aliphatic rings. The van der Waals surface area contributed by atoms with Gasteiger partial charge in [-0.15, -0.1) is 0 Å². The lowest BCUT2D eigenvalue weighted by Gasteiger charge is -2.21. The van der Waals surface area contributed by atoms with E-state index in [1.54, 1.807) is 28.8 Å². The molecular weight excluding hydrogens is 402 g/mol. The van der Waals surface area contributed by atoms with Gasteiger partial charge in [0.2, 0.25) is 0 Å². The first kappa shape index (κ1) is 20.1. The van der Waals surface area contributed by atoms with Crippen molar-refractivity contribution < 1.29 is 19.4 Å². The Morgan fingerprint density at radius 2 is 1.66 bits per heavy atom. The highest BCUT2D eigenvalue weighted by Crippen LogP contribution is 2.39. The minimum Gasteiger partial charge on any atom is -0.489 e. The summed E-state index contributed by atoms with van der Waals surface area (Å²) in [5.41, 5.74) is 3.99. The van der Waals surface area contributed by atoms with Gasteiger partial charge in [0.25, 0.3) is 5.91 Å². The first-order valence-electron chi connectivity index (χ1n) is 10.8. The van der Waals surface area contributed by atoms with E-state index in [1.807, 2.05) is 54.6 Å². The summed E-state index contributed by atoms with van der Waals surface area (Å²) in [7, 11) is 0. The van der Waals surface area contributed by atoms with E-state index in [9.17, 15) is 14.7 Å². The highest BCUT2D eigenvalue weighted by Gasteiger charge is 2.33. The number of benzene rings is 3. The van der Waals surface area contributed by atoms with Gasteiger partial charge in [-0.2, -0.15) is 0 Å². The fraction of sp³-hybridized carbons (Fsp3) is 0.185. The summed E-state index contributed by atoms with van der Waals surface area (Å²) >= 11 is 0. The van der Waals surface area contributed by atoms with Gasteiger partial charge >= 0.3 is 5.97 Å². The number of fused-ring (bicyclic) bond motifs is 3. The van der Waals surface area contributed by atoms with Gasteiger partial charge in [0.15, 0.2) is 0 Å². The molecule has 32 heavy (non-hydrogen) atoms. The molecule has 1 aromatic heterocycles. The van der Waals surface area contributed by atoms with Gasteiger partial charge in [0.1, 0.15) is 12.4 Å². The maximum atomic E-state index is 13.5. The molecule has 1 N–H and O–H groups in total. The maximum Gasteiger partial charge on any atom is 0.311 e. The van der Waals surface area contributed by atoms with Crippen LogP contribution < -0.4 is 4.74 Å². The average Bonchev–Trinajstić information content (AvgIpc) is 3.18. The molecule has 0 radical (unpaired) electrons. The summed E-state index contributed by atoms with van der Waals surface area (Å²) in [6, 6.07) is 24.6. The summed E-state index contributed by atoms with van der Waals surface area (Å²) in [4.78, 5) is 25.4. The van der Waals surface area contributed by atoms with Gasteiger partial charge in [-0.05, 0) is 60.7 Å². The van der Waals surface area contributed by atoms with E-state index in [0.29, 0.717) is 30.8 Å². The van der Waals surface area contributed by atoms with Crippen molar-refractivity contribution in [3.8, 4) is 5.75 Å². The van der Waals surface area contributed by atoms with Crippen LogP contribution in [0.25, 0.3) is 10.9 Å². The van der Waals surface area contributed by atoms with E-state index in [2.05, 4.69) is 0 Å². The minimum atomic E-state index is -0.832. The summed E-state index contributed by atoms with van der Waals surface area (Å²) < 4.78 is 7.54. The first-order chi connectivity index (χ1) is 15.6.